The van der Waals surface area contributed by atoms with Gasteiger partial charge in [0.1, 0.15) is 5.69 Å². The number of carbonyl (C=O) groups excluding carboxylic acids is 1. The van der Waals surface area contributed by atoms with Crippen LogP contribution in [-0.2, 0) is 9.53 Å². The summed E-state index contributed by atoms with van der Waals surface area (Å²) in [6, 6.07) is 6.39. The molecule has 0 spiro atoms. The number of carbonyl (C=O) groups is 1. The molecule has 1 aromatic rings. The van der Waals surface area contributed by atoms with Crippen molar-refractivity contribution in [2.45, 2.75) is 12.8 Å². The molecule has 1 aromatic carbocycles. The van der Waals surface area contributed by atoms with Gasteiger partial charge >= 0.3 is 0 Å². The fourth-order valence-corrected chi connectivity index (χ4v) is 1.85. The number of nitrogens with zero attached hydrogens (tertiary/aromatic N) is 2. The molecule has 0 radical (unpaired) electrons. The van der Waals surface area contributed by atoms with Crippen LogP contribution in [0.3, 0.4) is 0 Å². The van der Waals surface area contributed by atoms with Gasteiger partial charge in [-0.15, -0.1) is 0 Å². The van der Waals surface area contributed by atoms with E-state index in [2.05, 4.69) is 5.32 Å². The molecule has 116 valence electrons. The summed E-state index contributed by atoms with van der Waals surface area (Å²) in [5, 5.41) is 13.8. The Bertz CT molecular complexity index is 479. The standard InChI is InChI=1S/C14H21N3O4/c1-16(10-5-11-21-2)14(18)8-9-15-12-6-3-4-7-13(12)17(19)20/h3-4,6-7,15H,5,8-11H2,1-2H3. The lowest BCUT2D eigenvalue weighted by Crippen LogP contribution is -2.29. The molecule has 1 amide bonds. The number of anilines is 1. The van der Waals surface area contributed by atoms with E-state index in [-0.39, 0.29) is 18.0 Å². The van der Waals surface area contributed by atoms with Crippen LogP contribution in [0.1, 0.15) is 12.8 Å². The fraction of sp³-hybridized carbons (Fsp3) is 0.500. The number of benzene rings is 1. The van der Waals surface area contributed by atoms with Crippen molar-refractivity contribution in [3.63, 3.8) is 0 Å². The maximum Gasteiger partial charge on any atom is 0.292 e. The zero-order chi connectivity index (χ0) is 15.7. The van der Waals surface area contributed by atoms with Gasteiger partial charge in [0.15, 0.2) is 0 Å². The molecular weight excluding hydrogens is 274 g/mol. The van der Waals surface area contributed by atoms with E-state index < -0.39 is 4.92 Å². The molecule has 7 heteroatoms. The molecule has 0 aliphatic carbocycles. The normalized spacial score (nSPS) is 10.2. The fourth-order valence-electron chi connectivity index (χ4n) is 1.85. The maximum atomic E-state index is 11.9. The highest BCUT2D eigenvalue weighted by Gasteiger charge is 2.13. The second-order valence-corrected chi connectivity index (χ2v) is 4.61. The summed E-state index contributed by atoms with van der Waals surface area (Å²) in [7, 11) is 3.36. The van der Waals surface area contributed by atoms with Crippen LogP contribution in [0.15, 0.2) is 24.3 Å². The molecule has 1 N–H and O–H groups in total. The molecule has 0 bridgehead atoms. The van der Waals surface area contributed by atoms with Gasteiger partial charge in [0.2, 0.25) is 5.91 Å². The minimum atomic E-state index is -0.443. The van der Waals surface area contributed by atoms with Gasteiger partial charge in [-0.3, -0.25) is 14.9 Å². The molecule has 0 unspecified atom stereocenters. The molecule has 1 rings (SSSR count). The van der Waals surface area contributed by atoms with Gasteiger partial charge in [0, 0.05) is 46.3 Å². The molecule has 7 nitrogen and oxygen atoms in total. The monoisotopic (exact) mass is 295 g/mol. The summed E-state index contributed by atoms with van der Waals surface area (Å²) < 4.78 is 4.93. The number of methoxy groups -OCH3 is 1. The number of nitro groups is 1. The van der Waals surface area contributed by atoms with Gasteiger partial charge in [0.25, 0.3) is 5.69 Å². The molecule has 0 saturated carbocycles. The predicted octanol–water partition coefficient (Wildman–Crippen LogP) is 1.89. The van der Waals surface area contributed by atoms with Crippen molar-refractivity contribution in [1.29, 1.82) is 0 Å². The van der Waals surface area contributed by atoms with Crippen LogP contribution in [0.4, 0.5) is 11.4 Å². The Morgan fingerprint density at radius 2 is 2.14 bits per heavy atom. The number of hydrogen-bond donors (Lipinski definition) is 1. The van der Waals surface area contributed by atoms with Crippen LogP contribution in [0.2, 0.25) is 0 Å². The van der Waals surface area contributed by atoms with E-state index in [9.17, 15) is 14.9 Å². The van der Waals surface area contributed by atoms with Crippen LogP contribution in [-0.4, -0.2) is 49.6 Å². The summed E-state index contributed by atoms with van der Waals surface area (Å²) in [5.74, 6) is -0.00260. The third-order valence-electron chi connectivity index (χ3n) is 3.02. The van der Waals surface area contributed by atoms with E-state index in [1.54, 1.807) is 37.3 Å². The highest BCUT2D eigenvalue weighted by molar-refractivity contribution is 5.76. The van der Waals surface area contributed by atoms with E-state index >= 15 is 0 Å². The van der Waals surface area contributed by atoms with Crippen molar-refractivity contribution in [3.8, 4) is 0 Å². The molecule has 21 heavy (non-hydrogen) atoms. The zero-order valence-corrected chi connectivity index (χ0v) is 12.4. The van der Waals surface area contributed by atoms with Crippen LogP contribution in [0.25, 0.3) is 0 Å². The predicted molar refractivity (Wildman–Crippen MR) is 80.3 cm³/mol. The van der Waals surface area contributed by atoms with E-state index in [0.717, 1.165) is 6.42 Å². The lowest BCUT2D eigenvalue weighted by molar-refractivity contribution is -0.384. The van der Waals surface area contributed by atoms with E-state index in [1.807, 2.05) is 0 Å². The zero-order valence-electron chi connectivity index (χ0n) is 12.4. The minimum Gasteiger partial charge on any atom is -0.385 e. The topological polar surface area (TPSA) is 84.7 Å². The van der Waals surface area contributed by atoms with Crippen molar-refractivity contribution in [1.82, 2.24) is 4.90 Å². The summed E-state index contributed by atoms with van der Waals surface area (Å²) in [4.78, 5) is 23.9. The van der Waals surface area contributed by atoms with Crippen LogP contribution in [0.5, 0.6) is 0 Å². The Labute approximate surface area is 124 Å². The van der Waals surface area contributed by atoms with Crippen LogP contribution in [0, 0.1) is 10.1 Å². The highest BCUT2D eigenvalue weighted by Crippen LogP contribution is 2.22. The smallest absolute Gasteiger partial charge is 0.292 e. The van der Waals surface area contributed by atoms with E-state index in [4.69, 9.17) is 4.74 Å². The van der Waals surface area contributed by atoms with Crippen LogP contribution < -0.4 is 5.32 Å². The minimum absolute atomic E-state index is 0.00260. The largest absolute Gasteiger partial charge is 0.385 e. The Balaban J connectivity index is 2.39. The quantitative estimate of drug-likeness (QED) is 0.427. The first-order chi connectivity index (χ1) is 10.1. The average molecular weight is 295 g/mol. The Morgan fingerprint density at radius 1 is 1.43 bits per heavy atom. The highest BCUT2D eigenvalue weighted by atomic mass is 16.6. The molecule has 0 aliphatic rings. The molecule has 0 fully saturated rings. The van der Waals surface area contributed by atoms with E-state index in [1.165, 1.54) is 6.07 Å². The summed E-state index contributed by atoms with van der Waals surface area (Å²) in [6.07, 6.45) is 1.08. The average Bonchev–Trinajstić information content (AvgIpc) is 2.47. The Morgan fingerprint density at radius 3 is 2.81 bits per heavy atom. The second kappa shape index (κ2) is 8.91. The van der Waals surface area contributed by atoms with Gasteiger partial charge in [-0.25, -0.2) is 0 Å². The van der Waals surface area contributed by atoms with E-state index in [0.29, 0.717) is 25.4 Å². The first-order valence-corrected chi connectivity index (χ1v) is 6.76. The third-order valence-corrected chi connectivity index (χ3v) is 3.02. The number of nitrogens with one attached hydrogen (secondary N) is 1. The summed E-state index contributed by atoms with van der Waals surface area (Å²) in [6.45, 7) is 1.61. The molecule has 0 saturated heterocycles. The molecule has 0 heterocycles. The SMILES string of the molecule is COCCCN(C)C(=O)CCNc1ccccc1[N+](=O)[O-]. The lowest BCUT2D eigenvalue weighted by atomic mass is 10.2. The number of ether oxygens (including phenoxy) is 1. The maximum absolute atomic E-state index is 11.9. The van der Waals surface area contributed by atoms with Gasteiger partial charge in [0.05, 0.1) is 4.92 Å². The van der Waals surface area contributed by atoms with Gasteiger partial charge in [-0.2, -0.15) is 0 Å². The lowest BCUT2D eigenvalue weighted by Gasteiger charge is -2.17. The summed E-state index contributed by atoms with van der Waals surface area (Å²) in [5.41, 5.74) is 0.440. The second-order valence-electron chi connectivity index (χ2n) is 4.61. The van der Waals surface area contributed by atoms with Crippen molar-refractivity contribution < 1.29 is 14.5 Å². The number of para-hydroxylation sites is 2. The van der Waals surface area contributed by atoms with Crippen molar-refractivity contribution in [3.05, 3.63) is 34.4 Å². The molecule has 0 aromatic heterocycles. The third kappa shape index (κ3) is 5.78. The summed E-state index contributed by atoms with van der Waals surface area (Å²) >= 11 is 0. The number of amides is 1. The molecule has 0 atom stereocenters. The first kappa shape index (κ1) is 16.9. The van der Waals surface area contributed by atoms with Crippen molar-refractivity contribution in [2.24, 2.45) is 0 Å². The Kier molecular flexibility index (Phi) is 7.17. The van der Waals surface area contributed by atoms with Gasteiger partial charge < -0.3 is 15.0 Å². The Hall–Kier alpha value is -2.15. The van der Waals surface area contributed by atoms with Gasteiger partial charge in [-0.05, 0) is 12.5 Å². The van der Waals surface area contributed by atoms with Gasteiger partial charge in [-0.1, -0.05) is 12.1 Å². The first-order valence-electron chi connectivity index (χ1n) is 6.76. The van der Waals surface area contributed by atoms with Crippen LogP contribution >= 0.6 is 0 Å². The number of rotatable bonds is 9. The molecular formula is C14H21N3O4. The number of hydrogen-bond acceptors (Lipinski definition) is 5. The molecule has 0 aliphatic heterocycles. The van der Waals surface area contributed by atoms with Crippen molar-refractivity contribution in [2.75, 3.05) is 39.2 Å². The number of nitro benzene ring substituents is 1. The van der Waals surface area contributed by atoms with Crippen molar-refractivity contribution >= 4 is 17.3 Å².